The Hall–Kier alpha value is -2.80. The highest BCUT2D eigenvalue weighted by Gasteiger charge is 2.26. The van der Waals surface area contributed by atoms with Crippen LogP contribution in [0.25, 0.3) is 11.5 Å². The number of rotatable bonds is 6. The molecule has 1 aliphatic rings. The molecule has 1 unspecified atom stereocenters. The zero-order valence-corrected chi connectivity index (χ0v) is 17.3. The molecule has 0 radical (unpaired) electrons. The maximum atomic E-state index is 12.8. The molecule has 0 saturated heterocycles. The first-order valence-electron chi connectivity index (χ1n) is 9.60. The summed E-state index contributed by atoms with van der Waals surface area (Å²) in [6.45, 7) is 0. The molecular weight excluding hydrogens is 386 g/mol. The number of methoxy groups -OCH3 is 1. The van der Waals surface area contributed by atoms with E-state index in [0.717, 1.165) is 30.6 Å². The second-order valence-electron chi connectivity index (χ2n) is 7.00. The van der Waals surface area contributed by atoms with Gasteiger partial charge in [-0.25, -0.2) is 0 Å². The van der Waals surface area contributed by atoms with E-state index in [0.29, 0.717) is 11.1 Å². The molecule has 3 aromatic rings. The number of thioether (sulfide) groups is 1. The molecule has 0 aliphatic heterocycles. The largest absolute Gasteiger partial charge is 0.497 e. The van der Waals surface area contributed by atoms with Gasteiger partial charge in [0.15, 0.2) is 0 Å². The Morgan fingerprint density at radius 2 is 2.00 bits per heavy atom. The van der Waals surface area contributed by atoms with E-state index in [1.807, 2.05) is 42.3 Å². The summed E-state index contributed by atoms with van der Waals surface area (Å²) in [5.74, 6) is 1.51. The van der Waals surface area contributed by atoms with Crippen LogP contribution in [-0.2, 0) is 11.2 Å². The average Bonchev–Trinajstić information content (AvgIpc) is 3.25. The Kier molecular flexibility index (Phi) is 5.85. The molecule has 1 aliphatic carbocycles. The molecule has 4 rings (SSSR count). The lowest BCUT2D eigenvalue weighted by atomic mass is 9.87. The van der Waals surface area contributed by atoms with E-state index in [4.69, 9.17) is 9.15 Å². The number of carbonyl (C=O) groups is 1. The van der Waals surface area contributed by atoms with Gasteiger partial charge in [-0.2, -0.15) is 0 Å². The third-order valence-electron chi connectivity index (χ3n) is 5.26. The molecule has 1 heterocycles. The zero-order chi connectivity index (χ0) is 20.2. The molecule has 1 aromatic heterocycles. The Bertz CT molecular complexity index is 987. The van der Waals surface area contributed by atoms with Crippen LogP contribution < -0.4 is 4.74 Å². The van der Waals surface area contributed by atoms with Crippen molar-refractivity contribution >= 4 is 17.7 Å². The molecule has 0 spiro atoms. The van der Waals surface area contributed by atoms with Crippen LogP contribution in [0.1, 0.15) is 30.0 Å². The first kappa shape index (κ1) is 19.5. The van der Waals surface area contributed by atoms with E-state index >= 15 is 0 Å². The van der Waals surface area contributed by atoms with E-state index in [-0.39, 0.29) is 17.7 Å². The fraction of sp³-hybridized carbons (Fsp3) is 0.318. The normalized spacial score (nSPS) is 15.6. The molecule has 1 amide bonds. The van der Waals surface area contributed by atoms with Crippen LogP contribution in [0.2, 0.25) is 0 Å². The Morgan fingerprint density at radius 1 is 1.21 bits per heavy atom. The van der Waals surface area contributed by atoms with Crippen LogP contribution in [0.15, 0.2) is 58.2 Å². The first-order chi connectivity index (χ1) is 14.2. The molecular formula is C22H23N3O3S. The summed E-state index contributed by atoms with van der Waals surface area (Å²) in [6, 6.07) is 15.9. The average molecular weight is 410 g/mol. The van der Waals surface area contributed by atoms with Crippen molar-refractivity contribution in [1.29, 1.82) is 0 Å². The molecule has 6 nitrogen and oxygen atoms in total. The monoisotopic (exact) mass is 409 g/mol. The van der Waals surface area contributed by atoms with Crippen LogP contribution in [0.4, 0.5) is 0 Å². The SMILES string of the molecule is COc1ccc(-c2nnc(SCC(=O)N(C)C3CCCc4ccccc43)o2)cc1. The van der Waals surface area contributed by atoms with Gasteiger partial charge in [0, 0.05) is 12.6 Å². The highest BCUT2D eigenvalue weighted by Crippen LogP contribution is 2.34. The van der Waals surface area contributed by atoms with Crippen molar-refractivity contribution in [2.75, 3.05) is 19.9 Å². The quantitative estimate of drug-likeness (QED) is 0.563. The third-order valence-corrected chi connectivity index (χ3v) is 6.06. The van der Waals surface area contributed by atoms with Crippen LogP contribution in [0, 0.1) is 0 Å². The standard InChI is InChI=1S/C22H23N3O3S/c1-25(19-9-5-7-15-6-3-4-8-18(15)19)20(26)14-29-22-24-23-21(28-22)16-10-12-17(27-2)13-11-16/h3-4,6,8,10-13,19H,5,7,9,14H2,1-2H3. The number of fused-ring (bicyclic) bond motifs is 1. The Morgan fingerprint density at radius 3 is 2.79 bits per heavy atom. The topological polar surface area (TPSA) is 68.5 Å². The van der Waals surface area contributed by atoms with Gasteiger partial charge in [-0.05, 0) is 54.7 Å². The summed E-state index contributed by atoms with van der Waals surface area (Å²) in [5, 5.41) is 8.53. The van der Waals surface area contributed by atoms with Gasteiger partial charge in [0.2, 0.25) is 11.8 Å². The maximum Gasteiger partial charge on any atom is 0.277 e. The summed E-state index contributed by atoms with van der Waals surface area (Å²) in [4.78, 5) is 14.6. The summed E-state index contributed by atoms with van der Waals surface area (Å²) in [6.07, 6.45) is 3.17. The summed E-state index contributed by atoms with van der Waals surface area (Å²) in [7, 11) is 3.50. The second-order valence-corrected chi connectivity index (χ2v) is 7.93. The molecule has 2 aromatic carbocycles. The van der Waals surface area contributed by atoms with Crippen molar-refractivity contribution in [1.82, 2.24) is 15.1 Å². The number of ether oxygens (including phenoxy) is 1. The van der Waals surface area contributed by atoms with Gasteiger partial charge in [-0.1, -0.05) is 36.0 Å². The summed E-state index contributed by atoms with van der Waals surface area (Å²) < 4.78 is 10.9. The van der Waals surface area contributed by atoms with E-state index in [2.05, 4.69) is 28.4 Å². The minimum atomic E-state index is 0.0564. The van der Waals surface area contributed by atoms with E-state index in [1.54, 1.807) is 7.11 Å². The molecule has 1 atom stereocenters. The number of carbonyl (C=O) groups excluding carboxylic acids is 1. The minimum absolute atomic E-state index is 0.0564. The molecule has 7 heteroatoms. The predicted molar refractivity (Wildman–Crippen MR) is 112 cm³/mol. The number of hydrogen-bond donors (Lipinski definition) is 0. The lowest BCUT2D eigenvalue weighted by Gasteiger charge is -2.33. The summed E-state index contributed by atoms with van der Waals surface area (Å²) >= 11 is 1.27. The van der Waals surface area contributed by atoms with Crippen molar-refractivity contribution < 1.29 is 13.9 Å². The second kappa shape index (κ2) is 8.69. The van der Waals surface area contributed by atoms with E-state index in [9.17, 15) is 4.79 Å². The number of aromatic nitrogens is 2. The molecule has 0 bridgehead atoms. The van der Waals surface area contributed by atoms with E-state index in [1.165, 1.54) is 22.9 Å². The fourth-order valence-corrected chi connectivity index (χ4v) is 4.34. The zero-order valence-electron chi connectivity index (χ0n) is 16.5. The maximum absolute atomic E-state index is 12.8. The van der Waals surface area contributed by atoms with Crippen molar-refractivity contribution in [3.63, 3.8) is 0 Å². The van der Waals surface area contributed by atoms with Crippen LogP contribution in [-0.4, -0.2) is 40.9 Å². The summed E-state index contributed by atoms with van der Waals surface area (Å²) in [5.41, 5.74) is 3.42. The van der Waals surface area contributed by atoms with Gasteiger partial charge < -0.3 is 14.1 Å². The first-order valence-corrected chi connectivity index (χ1v) is 10.6. The van der Waals surface area contributed by atoms with Gasteiger partial charge in [0.05, 0.1) is 18.9 Å². The fourth-order valence-electron chi connectivity index (χ4n) is 3.65. The Balaban J connectivity index is 1.38. The van der Waals surface area contributed by atoms with Gasteiger partial charge >= 0.3 is 0 Å². The van der Waals surface area contributed by atoms with Gasteiger partial charge in [0.25, 0.3) is 5.22 Å². The highest BCUT2D eigenvalue weighted by atomic mass is 32.2. The van der Waals surface area contributed by atoms with Gasteiger partial charge in [0.1, 0.15) is 5.75 Å². The number of amides is 1. The van der Waals surface area contributed by atoms with Crippen molar-refractivity contribution in [2.45, 2.75) is 30.5 Å². The molecule has 0 fully saturated rings. The number of nitrogens with zero attached hydrogens (tertiary/aromatic N) is 3. The van der Waals surface area contributed by atoms with Crippen LogP contribution >= 0.6 is 11.8 Å². The molecule has 0 N–H and O–H groups in total. The predicted octanol–water partition coefficient (Wildman–Crippen LogP) is 4.37. The minimum Gasteiger partial charge on any atom is -0.497 e. The molecule has 0 saturated carbocycles. The lowest BCUT2D eigenvalue weighted by molar-refractivity contribution is -0.129. The van der Waals surface area contributed by atoms with Gasteiger partial charge in [-0.3, -0.25) is 4.79 Å². The van der Waals surface area contributed by atoms with Crippen molar-refractivity contribution in [3.05, 3.63) is 59.7 Å². The number of benzene rings is 2. The van der Waals surface area contributed by atoms with Crippen LogP contribution in [0.3, 0.4) is 0 Å². The van der Waals surface area contributed by atoms with Crippen LogP contribution in [0.5, 0.6) is 5.75 Å². The highest BCUT2D eigenvalue weighted by molar-refractivity contribution is 7.99. The number of aryl methyl sites for hydroxylation is 1. The molecule has 150 valence electrons. The lowest BCUT2D eigenvalue weighted by Crippen LogP contribution is -2.34. The van der Waals surface area contributed by atoms with E-state index < -0.39 is 0 Å². The van der Waals surface area contributed by atoms with Crippen molar-refractivity contribution in [2.24, 2.45) is 0 Å². The third kappa shape index (κ3) is 4.29. The smallest absolute Gasteiger partial charge is 0.277 e. The van der Waals surface area contributed by atoms with Gasteiger partial charge in [-0.15, -0.1) is 10.2 Å². The van der Waals surface area contributed by atoms with Crippen molar-refractivity contribution in [3.8, 4) is 17.2 Å². The molecule has 29 heavy (non-hydrogen) atoms. The number of hydrogen-bond acceptors (Lipinski definition) is 6. The Labute approximate surface area is 174 Å².